The Morgan fingerprint density at radius 3 is 2.92 bits per heavy atom. The van der Waals surface area contributed by atoms with E-state index in [-0.39, 0.29) is 23.8 Å². The van der Waals surface area contributed by atoms with E-state index in [0.717, 1.165) is 60.4 Å². The van der Waals surface area contributed by atoms with E-state index in [1.54, 1.807) is 27.8 Å². The number of ether oxygens (including phenoxy) is 2. The first kappa shape index (κ1) is 25.4. The van der Waals surface area contributed by atoms with E-state index in [4.69, 9.17) is 14.5 Å². The molecule has 0 radical (unpaired) electrons. The fourth-order valence-electron chi connectivity index (χ4n) is 5.42. The maximum atomic E-state index is 12.6. The summed E-state index contributed by atoms with van der Waals surface area (Å²) in [5.41, 5.74) is 3.46. The molecule has 1 saturated heterocycles. The highest BCUT2D eigenvalue weighted by molar-refractivity contribution is 5.95. The normalized spacial score (nSPS) is 20.2. The van der Waals surface area contributed by atoms with Gasteiger partial charge in [0.2, 0.25) is 0 Å². The predicted molar refractivity (Wildman–Crippen MR) is 140 cm³/mol. The SMILES string of the molecule is COC(=O)N1c2ccc3c(nc(CCn4ccccc4=O)n3CC(O)NC[C@H]3CCCO3)c2CC[C@@H]1C. The van der Waals surface area contributed by atoms with Crippen molar-refractivity contribution in [2.45, 2.75) is 70.5 Å². The zero-order valence-electron chi connectivity index (χ0n) is 21.4. The Balaban J connectivity index is 1.48. The third-order valence-electron chi connectivity index (χ3n) is 7.40. The molecular weight excluding hydrogens is 474 g/mol. The molecule has 1 fully saturated rings. The Morgan fingerprint density at radius 2 is 2.16 bits per heavy atom. The van der Waals surface area contributed by atoms with Crippen LogP contribution in [-0.4, -0.2) is 64.0 Å². The van der Waals surface area contributed by atoms with Crippen LogP contribution in [0.3, 0.4) is 0 Å². The number of nitrogens with zero attached hydrogens (tertiary/aromatic N) is 4. The molecule has 37 heavy (non-hydrogen) atoms. The molecule has 10 heteroatoms. The second-order valence-corrected chi connectivity index (χ2v) is 9.84. The summed E-state index contributed by atoms with van der Waals surface area (Å²) in [5.74, 6) is 0.778. The van der Waals surface area contributed by atoms with Crippen molar-refractivity contribution in [2.75, 3.05) is 25.2 Å². The van der Waals surface area contributed by atoms with E-state index < -0.39 is 6.23 Å². The smallest absolute Gasteiger partial charge is 0.414 e. The number of nitrogens with one attached hydrogen (secondary N) is 1. The lowest BCUT2D eigenvalue weighted by molar-refractivity contribution is 0.0707. The van der Waals surface area contributed by atoms with E-state index in [9.17, 15) is 14.7 Å². The van der Waals surface area contributed by atoms with Gasteiger partial charge in [-0.1, -0.05) is 6.07 Å². The summed E-state index contributed by atoms with van der Waals surface area (Å²) in [6, 6.07) is 9.03. The van der Waals surface area contributed by atoms with Crippen molar-refractivity contribution < 1.29 is 19.4 Å². The van der Waals surface area contributed by atoms with Gasteiger partial charge in [-0.25, -0.2) is 9.78 Å². The van der Waals surface area contributed by atoms with Gasteiger partial charge >= 0.3 is 6.09 Å². The number of carbonyl (C=O) groups is 1. The van der Waals surface area contributed by atoms with Crippen molar-refractivity contribution in [3.8, 4) is 0 Å². The molecule has 3 atom stereocenters. The lowest BCUT2D eigenvalue weighted by Gasteiger charge is -2.34. The molecule has 0 spiro atoms. The Morgan fingerprint density at radius 1 is 1.30 bits per heavy atom. The Bertz CT molecular complexity index is 1310. The summed E-state index contributed by atoms with van der Waals surface area (Å²) in [6.07, 6.45) is 4.86. The second kappa shape index (κ2) is 11.0. The van der Waals surface area contributed by atoms with Crippen LogP contribution in [-0.2, 0) is 35.4 Å². The van der Waals surface area contributed by atoms with E-state index in [1.807, 2.05) is 29.7 Å². The first-order valence-electron chi connectivity index (χ1n) is 13.0. The Hall–Kier alpha value is -3.21. The van der Waals surface area contributed by atoms with Gasteiger partial charge in [-0.15, -0.1) is 0 Å². The molecule has 1 unspecified atom stereocenters. The summed E-state index contributed by atoms with van der Waals surface area (Å²) in [6.45, 7) is 4.14. The molecule has 1 amide bonds. The maximum Gasteiger partial charge on any atom is 0.414 e. The number of carbonyl (C=O) groups excluding carboxylic acids is 1. The van der Waals surface area contributed by atoms with Crippen LogP contribution in [0.1, 0.15) is 37.6 Å². The van der Waals surface area contributed by atoms with E-state index in [1.165, 1.54) is 7.11 Å². The highest BCUT2D eigenvalue weighted by Gasteiger charge is 2.31. The predicted octanol–water partition coefficient (Wildman–Crippen LogP) is 2.44. The zero-order chi connectivity index (χ0) is 25.9. The number of aliphatic hydroxyl groups is 1. The van der Waals surface area contributed by atoms with Crippen molar-refractivity contribution in [3.63, 3.8) is 0 Å². The van der Waals surface area contributed by atoms with Gasteiger partial charge in [-0.05, 0) is 50.8 Å². The minimum absolute atomic E-state index is 0.0211. The van der Waals surface area contributed by atoms with Gasteiger partial charge in [0.25, 0.3) is 5.56 Å². The standard InChI is InChI=1S/C27H35N5O5/c1-18-8-9-20-21(32(18)27(35)36-2)10-11-22-26(20)29-23(12-14-30-13-4-3-7-25(30)34)31(22)17-24(33)28-16-19-6-5-15-37-19/h3-4,7,10-11,13,18-19,24,28,33H,5-6,8-9,12,14-17H2,1-2H3/t18-,19+,24?/m0/s1. The summed E-state index contributed by atoms with van der Waals surface area (Å²) in [7, 11) is 1.39. The van der Waals surface area contributed by atoms with Gasteiger partial charge in [0.15, 0.2) is 0 Å². The molecule has 0 saturated carbocycles. The lowest BCUT2D eigenvalue weighted by atomic mass is 9.96. The molecule has 0 bridgehead atoms. The second-order valence-electron chi connectivity index (χ2n) is 9.84. The molecule has 2 aromatic heterocycles. The van der Waals surface area contributed by atoms with Gasteiger partial charge in [0.1, 0.15) is 12.1 Å². The first-order chi connectivity index (χ1) is 18.0. The van der Waals surface area contributed by atoms with Crippen molar-refractivity contribution >= 4 is 22.8 Å². The fraction of sp³-hybridized carbons (Fsp3) is 0.519. The Kier molecular flexibility index (Phi) is 7.59. The molecular formula is C27H35N5O5. The summed E-state index contributed by atoms with van der Waals surface area (Å²) >= 11 is 0. The van der Waals surface area contributed by atoms with E-state index in [2.05, 4.69) is 5.32 Å². The van der Waals surface area contributed by atoms with Gasteiger partial charge in [0.05, 0.1) is 36.5 Å². The van der Waals surface area contributed by atoms with Gasteiger partial charge < -0.3 is 23.7 Å². The number of fused-ring (bicyclic) bond motifs is 3. The average molecular weight is 510 g/mol. The minimum atomic E-state index is -0.789. The van der Waals surface area contributed by atoms with Crippen molar-refractivity contribution in [1.82, 2.24) is 19.4 Å². The van der Waals surface area contributed by atoms with Crippen molar-refractivity contribution in [2.24, 2.45) is 0 Å². The Labute approximate surface area is 215 Å². The molecule has 5 rings (SSSR count). The van der Waals surface area contributed by atoms with E-state index >= 15 is 0 Å². The average Bonchev–Trinajstić information content (AvgIpc) is 3.54. The fourth-order valence-corrected chi connectivity index (χ4v) is 5.42. The van der Waals surface area contributed by atoms with Crippen LogP contribution in [0.4, 0.5) is 10.5 Å². The van der Waals surface area contributed by atoms with Crippen LogP contribution in [0.25, 0.3) is 11.0 Å². The third kappa shape index (κ3) is 5.27. The number of anilines is 1. The number of benzene rings is 1. The van der Waals surface area contributed by atoms with Crippen LogP contribution in [0.15, 0.2) is 41.3 Å². The number of methoxy groups -OCH3 is 1. The monoisotopic (exact) mass is 509 g/mol. The summed E-state index contributed by atoms with van der Waals surface area (Å²) in [5, 5.41) is 14.1. The van der Waals surface area contributed by atoms with Crippen LogP contribution >= 0.6 is 0 Å². The topological polar surface area (TPSA) is 111 Å². The minimum Gasteiger partial charge on any atom is -0.452 e. The molecule has 4 heterocycles. The maximum absolute atomic E-state index is 12.6. The number of pyridine rings is 1. The van der Waals surface area contributed by atoms with Crippen LogP contribution in [0.2, 0.25) is 0 Å². The van der Waals surface area contributed by atoms with Gasteiger partial charge in [0, 0.05) is 50.0 Å². The van der Waals surface area contributed by atoms with Gasteiger partial charge in [-0.3, -0.25) is 15.0 Å². The molecule has 2 N–H and O–H groups in total. The largest absolute Gasteiger partial charge is 0.452 e. The number of aryl methyl sites for hydroxylation is 3. The van der Waals surface area contributed by atoms with E-state index in [0.29, 0.717) is 26.1 Å². The molecule has 1 aromatic carbocycles. The zero-order valence-corrected chi connectivity index (χ0v) is 21.4. The third-order valence-corrected chi connectivity index (χ3v) is 7.40. The van der Waals surface area contributed by atoms with Crippen molar-refractivity contribution in [3.05, 3.63) is 58.3 Å². The number of hydrogen-bond donors (Lipinski definition) is 2. The quantitative estimate of drug-likeness (QED) is 0.449. The van der Waals surface area contributed by atoms with Crippen LogP contribution in [0, 0.1) is 0 Å². The molecule has 2 aliphatic rings. The first-order valence-corrected chi connectivity index (χ1v) is 13.0. The molecule has 3 aromatic rings. The number of hydrogen-bond acceptors (Lipinski definition) is 7. The molecule has 10 nitrogen and oxygen atoms in total. The number of aliphatic hydroxyl groups excluding tert-OH is 1. The van der Waals surface area contributed by atoms with Crippen molar-refractivity contribution in [1.29, 1.82) is 0 Å². The molecule has 0 aliphatic carbocycles. The number of aromatic nitrogens is 3. The highest BCUT2D eigenvalue weighted by Crippen LogP contribution is 2.36. The number of imidazole rings is 1. The van der Waals surface area contributed by atoms with Crippen LogP contribution in [0.5, 0.6) is 0 Å². The molecule has 198 valence electrons. The number of rotatable bonds is 8. The number of amides is 1. The van der Waals surface area contributed by atoms with Gasteiger partial charge in [-0.2, -0.15) is 0 Å². The lowest BCUT2D eigenvalue weighted by Crippen LogP contribution is -2.42. The summed E-state index contributed by atoms with van der Waals surface area (Å²) in [4.78, 5) is 31.5. The highest BCUT2D eigenvalue weighted by atomic mass is 16.5. The molecule has 2 aliphatic heterocycles. The van der Waals surface area contributed by atoms with Crippen LogP contribution < -0.4 is 15.8 Å². The summed E-state index contributed by atoms with van der Waals surface area (Å²) < 4.78 is 14.4.